The largest absolute Gasteiger partial charge is 0.481 e. The Labute approximate surface area is 61.0 Å². The molecule has 1 N–H and O–H groups in total. The smallest absolute Gasteiger partial charge is 0.303 e. The lowest BCUT2D eigenvalue weighted by Gasteiger charge is -2.00. The molecule has 2 nitrogen and oxygen atoms in total. The Kier molecular flexibility index (Phi) is 4.44. The molecule has 0 aliphatic heterocycles. The van der Waals surface area contributed by atoms with Gasteiger partial charge in [0.05, 0.1) is 0 Å². The predicted octanol–water partition coefficient (Wildman–Crippen LogP) is 0.758. The van der Waals surface area contributed by atoms with Crippen molar-refractivity contribution in [3.8, 4) is 0 Å². The highest BCUT2D eigenvalue weighted by Crippen LogP contribution is 2.10. The van der Waals surface area contributed by atoms with Gasteiger partial charge in [-0.2, -0.15) is 11.1 Å². The zero-order valence-corrected chi connectivity index (χ0v) is 7.18. The van der Waals surface area contributed by atoms with Crippen LogP contribution < -0.4 is 0 Å². The van der Waals surface area contributed by atoms with E-state index >= 15 is 0 Å². The number of halogens is 1. The predicted molar refractivity (Wildman–Crippen MR) is 40.6 cm³/mol. The molecule has 9 heavy (non-hydrogen) atoms. The van der Waals surface area contributed by atoms with Crippen molar-refractivity contribution < 1.29 is 9.90 Å². The van der Waals surface area contributed by atoms with Crippen LogP contribution in [0.1, 0.15) is 6.42 Å². The maximum atomic E-state index is 10.0. The van der Waals surface area contributed by atoms with E-state index in [1.54, 1.807) is 6.08 Å². The maximum Gasteiger partial charge on any atom is 0.303 e. The van der Waals surface area contributed by atoms with Gasteiger partial charge in [-0.15, -0.1) is 6.58 Å². The number of carboxylic acid groups (broad SMARTS) is 1. The Morgan fingerprint density at radius 3 is 2.67 bits per heavy atom. The van der Waals surface area contributed by atoms with Gasteiger partial charge in [0, 0.05) is 6.42 Å². The van der Waals surface area contributed by atoms with Crippen LogP contribution in [0.25, 0.3) is 0 Å². The van der Waals surface area contributed by atoms with E-state index in [0.29, 0.717) is 0 Å². The fraction of sp³-hybridized carbons (Fsp3) is 0.400. The number of hydrogen-bond acceptors (Lipinski definition) is 1. The molecular weight excluding hydrogens is 156 g/mol. The molecule has 0 saturated carbocycles. The molecule has 0 saturated heterocycles. The van der Waals surface area contributed by atoms with E-state index in [-0.39, 0.29) is 12.0 Å². The average Bonchev–Trinajstić information content (AvgIpc) is 1.82. The first-order valence-electron chi connectivity index (χ1n) is 2.61. The third-order valence-corrected chi connectivity index (χ3v) is 3.18. The van der Waals surface area contributed by atoms with Crippen molar-refractivity contribution in [2.75, 3.05) is 0 Å². The van der Waals surface area contributed by atoms with Crippen molar-refractivity contribution in [1.82, 2.24) is 0 Å². The second-order valence-electron chi connectivity index (χ2n) is 1.75. The molecule has 0 amide bonds. The highest BCUT2D eigenvalue weighted by atomic mass is 35.6. The van der Waals surface area contributed by atoms with Crippen molar-refractivity contribution in [2.45, 2.75) is 12.0 Å². The molecule has 4 heteroatoms. The molecule has 0 aliphatic carbocycles. The molecule has 52 valence electrons. The van der Waals surface area contributed by atoms with Crippen LogP contribution in [-0.4, -0.2) is 19.9 Å². The van der Waals surface area contributed by atoms with E-state index in [1.165, 1.54) is 0 Å². The molecule has 0 bridgehead atoms. The van der Waals surface area contributed by atoms with Crippen LogP contribution in [0.4, 0.5) is 0 Å². The van der Waals surface area contributed by atoms with Crippen LogP contribution in [0.15, 0.2) is 12.7 Å². The molecule has 0 fully saturated rings. The number of rotatable bonds is 4. The summed E-state index contributed by atoms with van der Waals surface area (Å²) in [6.07, 6.45) is 1.76. The van der Waals surface area contributed by atoms with Crippen molar-refractivity contribution in [2.24, 2.45) is 0 Å². The average molecular weight is 165 g/mol. The Balaban J connectivity index is 3.55. The zero-order chi connectivity index (χ0) is 7.28. The van der Waals surface area contributed by atoms with Crippen molar-refractivity contribution >= 4 is 25.9 Å². The van der Waals surface area contributed by atoms with Gasteiger partial charge in [-0.25, -0.2) is 0 Å². The third kappa shape index (κ3) is 4.24. The van der Waals surface area contributed by atoms with Gasteiger partial charge in [0.1, 0.15) is 8.83 Å². The normalized spacial score (nSPS) is 13.9. The fourth-order valence-corrected chi connectivity index (χ4v) is 1.61. The SMILES string of the molecule is C=CC(CC(=O)O)[SiH2]Cl. The van der Waals surface area contributed by atoms with Gasteiger partial charge < -0.3 is 5.11 Å². The van der Waals surface area contributed by atoms with Crippen LogP contribution in [0.5, 0.6) is 0 Å². The Morgan fingerprint density at radius 2 is 2.56 bits per heavy atom. The van der Waals surface area contributed by atoms with E-state index in [4.69, 9.17) is 16.2 Å². The molecule has 1 unspecified atom stereocenters. The minimum Gasteiger partial charge on any atom is -0.481 e. The maximum absolute atomic E-state index is 10.0. The summed E-state index contributed by atoms with van der Waals surface area (Å²) in [4.78, 5) is 10.0. The van der Waals surface area contributed by atoms with Gasteiger partial charge in [-0.05, 0) is 5.54 Å². The van der Waals surface area contributed by atoms with E-state index in [2.05, 4.69) is 6.58 Å². The van der Waals surface area contributed by atoms with Crippen LogP contribution in [0.3, 0.4) is 0 Å². The van der Waals surface area contributed by atoms with Gasteiger partial charge in [-0.1, -0.05) is 6.08 Å². The summed E-state index contributed by atoms with van der Waals surface area (Å²) in [5.41, 5.74) is 0.0455. The lowest BCUT2D eigenvalue weighted by molar-refractivity contribution is -0.136. The van der Waals surface area contributed by atoms with Crippen LogP contribution in [0, 0.1) is 0 Å². The summed E-state index contributed by atoms with van der Waals surface area (Å²) >= 11 is 5.52. The fourth-order valence-electron chi connectivity index (χ4n) is 0.425. The van der Waals surface area contributed by atoms with Gasteiger partial charge in [0.15, 0.2) is 0 Å². The quantitative estimate of drug-likeness (QED) is 0.379. The van der Waals surface area contributed by atoms with Gasteiger partial charge in [-0.3, -0.25) is 4.79 Å². The van der Waals surface area contributed by atoms with Crippen molar-refractivity contribution in [3.05, 3.63) is 12.7 Å². The summed E-state index contributed by atoms with van der Waals surface area (Å²) in [6.45, 7) is 3.47. The van der Waals surface area contributed by atoms with Crippen molar-refractivity contribution in [1.29, 1.82) is 0 Å². The number of carbonyl (C=O) groups is 1. The number of carboxylic acids is 1. The van der Waals surface area contributed by atoms with Gasteiger partial charge >= 0.3 is 5.97 Å². The van der Waals surface area contributed by atoms with Crippen LogP contribution in [-0.2, 0) is 4.79 Å². The van der Waals surface area contributed by atoms with E-state index in [9.17, 15) is 4.79 Å². The summed E-state index contributed by atoms with van der Waals surface area (Å²) in [5, 5.41) is 8.26. The molecule has 0 rings (SSSR count). The lowest BCUT2D eigenvalue weighted by atomic mass is 10.3. The topological polar surface area (TPSA) is 37.3 Å². The number of aliphatic carboxylic acids is 1. The Hall–Kier alpha value is -0.283. The first-order chi connectivity index (χ1) is 4.20. The summed E-state index contributed by atoms with van der Waals surface area (Å²) < 4.78 is 0. The second-order valence-corrected chi connectivity index (χ2v) is 4.03. The minimum atomic E-state index is -0.798. The van der Waals surface area contributed by atoms with Gasteiger partial charge in [0.2, 0.25) is 0 Å². The monoisotopic (exact) mass is 164 g/mol. The molecule has 0 aromatic rings. The van der Waals surface area contributed by atoms with Crippen LogP contribution in [0.2, 0.25) is 5.54 Å². The van der Waals surface area contributed by atoms with Crippen molar-refractivity contribution in [3.63, 3.8) is 0 Å². The molecule has 0 aromatic carbocycles. The molecule has 0 radical (unpaired) electrons. The summed E-state index contributed by atoms with van der Waals surface area (Å²) in [7, 11) is -0.742. The first-order valence-corrected chi connectivity index (χ1v) is 5.56. The van der Waals surface area contributed by atoms with E-state index < -0.39 is 14.8 Å². The summed E-state index contributed by atoms with van der Waals surface area (Å²) in [5.74, 6) is -0.798. The molecule has 1 atom stereocenters. The molecule has 0 spiro atoms. The van der Waals surface area contributed by atoms with Crippen LogP contribution >= 0.6 is 11.1 Å². The molecule has 0 aliphatic rings. The minimum absolute atomic E-state index is 0.0455. The van der Waals surface area contributed by atoms with Gasteiger partial charge in [0.25, 0.3) is 0 Å². The standard InChI is InChI=1S/C5H9ClO2Si/c1-2-4(9-6)3-5(7)8/h2,4H,1,3,9H2,(H,7,8). The first kappa shape index (κ1) is 8.72. The Bertz CT molecular complexity index is 116. The Morgan fingerprint density at radius 1 is 2.00 bits per heavy atom. The molecular formula is C5H9ClO2Si. The zero-order valence-electron chi connectivity index (χ0n) is 5.01. The number of hydrogen-bond donors (Lipinski definition) is 1. The lowest BCUT2D eigenvalue weighted by Crippen LogP contribution is -2.02. The molecule has 0 aromatic heterocycles. The second kappa shape index (κ2) is 4.58. The number of allylic oxidation sites excluding steroid dienone is 1. The van der Waals surface area contributed by atoms with E-state index in [0.717, 1.165) is 0 Å². The third-order valence-electron chi connectivity index (χ3n) is 0.968. The van der Waals surface area contributed by atoms with E-state index in [1.807, 2.05) is 0 Å². The highest BCUT2D eigenvalue weighted by molar-refractivity contribution is 6.94. The highest BCUT2D eigenvalue weighted by Gasteiger charge is 2.07. The molecule has 0 heterocycles. The summed E-state index contributed by atoms with van der Waals surface area (Å²) in [6, 6.07) is 0.